The summed E-state index contributed by atoms with van der Waals surface area (Å²) in [6.07, 6.45) is 0. The largest absolute Gasteiger partial charge is 0.0731 e. The Kier molecular flexibility index (Phi) is 5.06. The Morgan fingerprint density at radius 1 is 0.405 bits per heavy atom. The monoisotopic (exact) mass is 596 g/mol. The van der Waals surface area contributed by atoms with Crippen LogP contribution in [0, 0.1) is 0 Å². The van der Waals surface area contributed by atoms with Crippen LogP contribution in [0.25, 0.3) is 55.3 Å². The van der Waals surface area contributed by atoms with Crippen LogP contribution < -0.4 is 0 Å². The molecule has 7 aromatic carbocycles. The average molecular weight is 598 g/mol. The fraction of sp³-hybridized carbons (Fsp3) is 0.0244. The fourth-order valence-electron chi connectivity index (χ4n) is 7.72. The van der Waals surface area contributed by atoms with Crippen LogP contribution in [0.5, 0.6) is 0 Å². The summed E-state index contributed by atoms with van der Waals surface area (Å²) in [5, 5.41) is 2.60. The number of hydrogen-bond acceptors (Lipinski definition) is 0. The van der Waals surface area contributed by atoms with Crippen molar-refractivity contribution in [3.05, 3.63) is 178 Å². The second kappa shape index (κ2) is 8.89. The molecule has 0 radical (unpaired) electrons. The minimum atomic E-state index is -0.387. The molecule has 0 N–H and O–H groups in total. The summed E-state index contributed by atoms with van der Waals surface area (Å²) in [6.45, 7) is 0. The van der Waals surface area contributed by atoms with Gasteiger partial charge in [-0.3, -0.25) is 0 Å². The van der Waals surface area contributed by atoms with Crippen LogP contribution in [-0.4, -0.2) is 0 Å². The van der Waals surface area contributed by atoms with Gasteiger partial charge in [-0.25, -0.2) is 0 Å². The quantitative estimate of drug-likeness (QED) is 0.186. The molecular formula is C41H25Br. The minimum absolute atomic E-state index is 0.387. The first-order valence-corrected chi connectivity index (χ1v) is 15.3. The van der Waals surface area contributed by atoms with E-state index in [9.17, 15) is 0 Å². The van der Waals surface area contributed by atoms with E-state index >= 15 is 0 Å². The van der Waals surface area contributed by atoms with E-state index in [0.29, 0.717) is 0 Å². The molecule has 9 rings (SSSR count). The normalized spacial score (nSPS) is 15.8. The molecule has 2 aliphatic carbocycles. The van der Waals surface area contributed by atoms with Gasteiger partial charge >= 0.3 is 0 Å². The number of benzene rings is 7. The van der Waals surface area contributed by atoms with E-state index in [1.165, 1.54) is 77.5 Å². The van der Waals surface area contributed by atoms with Gasteiger partial charge in [0.05, 0.1) is 5.41 Å². The van der Waals surface area contributed by atoms with Gasteiger partial charge < -0.3 is 0 Å². The Morgan fingerprint density at radius 2 is 1.05 bits per heavy atom. The molecule has 1 spiro atoms. The highest BCUT2D eigenvalue weighted by Crippen LogP contribution is 2.65. The standard InChI is InChI=1S/C41H25Br/c42-30-11-7-10-29(25-30)26-19-21-28(22-20-26)32-15-8-16-34-33-13-3-5-17-36(33)41(40(32)34)37-18-6-4-14-35(37)39-31-12-2-1-9-27(31)23-24-38(39)41/h1-25H. The van der Waals surface area contributed by atoms with Crippen molar-refractivity contribution in [1.82, 2.24) is 0 Å². The fourth-order valence-corrected chi connectivity index (χ4v) is 8.12. The minimum Gasteiger partial charge on any atom is -0.0619 e. The van der Waals surface area contributed by atoms with Crippen molar-refractivity contribution in [3.8, 4) is 44.5 Å². The van der Waals surface area contributed by atoms with Crippen LogP contribution in [0.4, 0.5) is 0 Å². The highest BCUT2D eigenvalue weighted by atomic mass is 79.9. The lowest BCUT2D eigenvalue weighted by Crippen LogP contribution is -2.26. The summed E-state index contributed by atoms with van der Waals surface area (Å²) in [4.78, 5) is 0. The highest BCUT2D eigenvalue weighted by Gasteiger charge is 2.53. The van der Waals surface area contributed by atoms with E-state index in [1.54, 1.807) is 0 Å². The maximum Gasteiger partial charge on any atom is 0.0731 e. The number of fused-ring (bicyclic) bond motifs is 12. The summed E-state index contributed by atoms with van der Waals surface area (Å²) in [7, 11) is 0. The summed E-state index contributed by atoms with van der Waals surface area (Å²) < 4.78 is 1.09. The lowest BCUT2D eigenvalue weighted by molar-refractivity contribution is 0.796. The van der Waals surface area contributed by atoms with Crippen LogP contribution in [0.15, 0.2) is 156 Å². The van der Waals surface area contributed by atoms with Crippen molar-refractivity contribution < 1.29 is 0 Å². The zero-order valence-electron chi connectivity index (χ0n) is 22.8. The number of halogens is 1. The maximum atomic E-state index is 3.63. The Balaban J connectivity index is 1.37. The average Bonchev–Trinajstić information content (AvgIpc) is 3.52. The van der Waals surface area contributed by atoms with E-state index in [0.717, 1.165) is 4.47 Å². The van der Waals surface area contributed by atoms with Gasteiger partial charge in [-0.2, -0.15) is 0 Å². The van der Waals surface area contributed by atoms with E-state index in [1.807, 2.05) is 0 Å². The molecule has 1 heteroatoms. The molecule has 2 aliphatic rings. The molecule has 42 heavy (non-hydrogen) atoms. The van der Waals surface area contributed by atoms with Crippen molar-refractivity contribution in [3.63, 3.8) is 0 Å². The Hall–Kier alpha value is -4.72. The lowest BCUT2D eigenvalue weighted by atomic mass is 9.68. The second-order valence-electron chi connectivity index (χ2n) is 11.4. The zero-order valence-corrected chi connectivity index (χ0v) is 24.4. The van der Waals surface area contributed by atoms with Gasteiger partial charge in [0.2, 0.25) is 0 Å². The summed E-state index contributed by atoms with van der Waals surface area (Å²) in [5.74, 6) is 0. The van der Waals surface area contributed by atoms with Crippen molar-refractivity contribution >= 4 is 26.7 Å². The molecular weight excluding hydrogens is 572 g/mol. The van der Waals surface area contributed by atoms with Gasteiger partial charge in [-0.15, -0.1) is 0 Å². The number of hydrogen-bond donors (Lipinski definition) is 0. The molecule has 1 atom stereocenters. The number of rotatable bonds is 2. The molecule has 0 aliphatic heterocycles. The molecule has 0 saturated heterocycles. The van der Waals surface area contributed by atoms with Crippen LogP contribution in [-0.2, 0) is 5.41 Å². The Labute approximate surface area is 254 Å². The van der Waals surface area contributed by atoms with Crippen molar-refractivity contribution in [2.75, 3.05) is 0 Å². The first-order chi connectivity index (χ1) is 20.7. The molecule has 0 nitrogen and oxygen atoms in total. The Bertz CT molecular complexity index is 2200. The van der Waals surface area contributed by atoms with Gasteiger partial charge in [0.1, 0.15) is 0 Å². The van der Waals surface area contributed by atoms with E-state index in [2.05, 4.69) is 168 Å². The van der Waals surface area contributed by atoms with E-state index < -0.39 is 0 Å². The molecule has 196 valence electrons. The molecule has 1 unspecified atom stereocenters. The maximum absolute atomic E-state index is 3.63. The third-order valence-electron chi connectivity index (χ3n) is 9.35. The second-order valence-corrected chi connectivity index (χ2v) is 12.3. The van der Waals surface area contributed by atoms with E-state index in [-0.39, 0.29) is 5.41 Å². The van der Waals surface area contributed by atoms with Crippen LogP contribution in [0.3, 0.4) is 0 Å². The molecule has 0 bridgehead atoms. The van der Waals surface area contributed by atoms with Crippen LogP contribution in [0.1, 0.15) is 22.3 Å². The van der Waals surface area contributed by atoms with Crippen LogP contribution >= 0.6 is 15.9 Å². The third-order valence-corrected chi connectivity index (χ3v) is 9.84. The van der Waals surface area contributed by atoms with Gasteiger partial charge in [-0.1, -0.05) is 155 Å². The lowest BCUT2D eigenvalue weighted by Gasteiger charge is -2.32. The molecule has 0 saturated carbocycles. The van der Waals surface area contributed by atoms with Gasteiger partial charge in [0.25, 0.3) is 0 Å². The summed E-state index contributed by atoms with van der Waals surface area (Å²) in [5.41, 5.74) is 15.5. The molecule has 0 aromatic heterocycles. The highest BCUT2D eigenvalue weighted by molar-refractivity contribution is 9.10. The van der Waals surface area contributed by atoms with E-state index in [4.69, 9.17) is 0 Å². The summed E-state index contributed by atoms with van der Waals surface area (Å²) >= 11 is 3.63. The smallest absolute Gasteiger partial charge is 0.0619 e. The third kappa shape index (κ3) is 3.12. The first-order valence-electron chi connectivity index (χ1n) is 14.5. The van der Waals surface area contributed by atoms with Crippen molar-refractivity contribution in [1.29, 1.82) is 0 Å². The van der Waals surface area contributed by atoms with Crippen molar-refractivity contribution in [2.24, 2.45) is 0 Å². The predicted octanol–water partition coefficient (Wildman–Crippen LogP) is 11.3. The SMILES string of the molecule is Brc1cccc(-c2ccc(-c3cccc4c3C3(c5ccccc5-4)c4ccccc4-c4c3ccc3ccccc43)cc2)c1. The first kappa shape index (κ1) is 23.9. The molecule has 0 fully saturated rings. The predicted molar refractivity (Wildman–Crippen MR) is 179 cm³/mol. The van der Waals surface area contributed by atoms with Crippen molar-refractivity contribution in [2.45, 2.75) is 5.41 Å². The van der Waals surface area contributed by atoms with Crippen LogP contribution in [0.2, 0.25) is 0 Å². The molecule has 7 aromatic rings. The molecule has 0 heterocycles. The molecule has 0 amide bonds. The topological polar surface area (TPSA) is 0 Å². The van der Waals surface area contributed by atoms with Gasteiger partial charge in [-0.05, 0) is 89.7 Å². The Morgan fingerprint density at radius 3 is 1.88 bits per heavy atom. The zero-order chi connectivity index (χ0) is 27.8. The van der Waals surface area contributed by atoms with Gasteiger partial charge in [0.15, 0.2) is 0 Å². The summed E-state index contributed by atoms with van der Waals surface area (Å²) in [6, 6.07) is 56.2. The van der Waals surface area contributed by atoms with Gasteiger partial charge in [0, 0.05) is 4.47 Å².